The van der Waals surface area contributed by atoms with Gasteiger partial charge in [-0.15, -0.1) is 0 Å². The smallest absolute Gasteiger partial charge is 0.119 e. The predicted molar refractivity (Wildman–Crippen MR) is 61.1 cm³/mol. The summed E-state index contributed by atoms with van der Waals surface area (Å²) in [5.41, 5.74) is 0. The fourth-order valence-corrected chi connectivity index (χ4v) is 1.17. The molecule has 15 heavy (non-hydrogen) atoms. The molecule has 0 saturated heterocycles. The van der Waals surface area contributed by atoms with Crippen molar-refractivity contribution in [2.75, 3.05) is 19.8 Å². The number of rotatable bonds is 8. The van der Waals surface area contributed by atoms with Crippen LogP contribution in [-0.2, 0) is 4.74 Å². The lowest BCUT2D eigenvalue weighted by Crippen LogP contribution is -2.03. The van der Waals surface area contributed by atoms with Crippen LogP contribution in [0.5, 0.6) is 5.75 Å². The summed E-state index contributed by atoms with van der Waals surface area (Å²) in [6, 6.07) is 10.5. The van der Waals surface area contributed by atoms with Gasteiger partial charge in [0.25, 0.3) is 0 Å². The Labute approximate surface area is 92.2 Å². The van der Waals surface area contributed by atoms with Crippen molar-refractivity contribution in [2.24, 2.45) is 0 Å². The molecule has 1 aromatic rings. The molecule has 1 aromatic carbocycles. The maximum atomic E-state index is 5.50. The molecule has 0 amide bonds. The van der Waals surface area contributed by atoms with Gasteiger partial charge in [0.1, 0.15) is 5.75 Å². The zero-order chi connectivity index (χ0) is 10.8. The van der Waals surface area contributed by atoms with Crippen molar-refractivity contribution in [1.29, 1.82) is 0 Å². The molecule has 0 saturated carbocycles. The summed E-state index contributed by atoms with van der Waals surface area (Å²) in [5.74, 6) is 0.881. The third-order valence-electron chi connectivity index (χ3n) is 2.02. The Kier molecular flexibility index (Phi) is 6.67. The number of hydrogen-bond acceptors (Lipinski definition) is 2. The van der Waals surface area contributed by atoms with Crippen LogP contribution in [0.1, 0.15) is 26.2 Å². The minimum absolute atomic E-state index is 0.712. The highest BCUT2D eigenvalue weighted by atomic mass is 16.5. The summed E-state index contributed by atoms with van der Waals surface area (Å²) in [4.78, 5) is 0. The molecular formula is C13H19O2. The Bertz CT molecular complexity index is 234. The fourth-order valence-electron chi connectivity index (χ4n) is 1.17. The Morgan fingerprint density at radius 2 is 2.07 bits per heavy atom. The summed E-state index contributed by atoms with van der Waals surface area (Å²) in [5, 5.41) is 0. The van der Waals surface area contributed by atoms with Gasteiger partial charge < -0.3 is 9.47 Å². The Hall–Kier alpha value is -1.02. The van der Waals surface area contributed by atoms with E-state index in [-0.39, 0.29) is 0 Å². The third kappa shape index (κ3) is 6.13. The summed E-state index contributed by atoms with van der Waals surface area (Å²) in [7, 11) is 0. The lowest BCUT2D eigenvalue weighted by molar-refractivity contribution is 0.117. The minimum Gasteiger partial charge on any atom is -0.493 e. The van der Waals surface area contributed by atoms with Crippen molar-refractivity contribution in [1.82, 2.24) is 0 Å². The van der Waals surface area contributed by atoms with Gasteiger partial charge in [-0.05, 0) is 24.6 Å². The van der Waals surface area contributed by atoms with E-state index in [0.717, 1.165) is 31.8 Å². The fraction of sp³-hybridized carbons (Fsp3) is 0.538. The topological polar surface area (TPSA) is 18.5 Å². The van der Waals surface area contributed by atoms with E-state index in [1.807, 2.05) is 24.3 Å². The molecule has 1 radical (unpaired) electrons. The Morgan fingerprint density at radius 3 is 2.80 bits per heavy atom. The van der Waals surface area contributed by atoms with E-state index in [2.05, 4.69) is 13.0 Å². The van der Waals surface area contributed by atoms with Crippen LogP contribution in [0, 0.1) is 6.07 Å². The van der Waals surface area contributed by atoms with Crippen molar-refractivity contribution < 1.29 is 9.47 Å². The average molecular weight is 207 g/mol. The zero-order valence-electron chi connectivity index (χ0n) is 9.37. The monoisotopic (exact) mass is 207 g/mol. The highest BCUT2D eigenvalue weighted by Crippen LogP contribution is 2.07. The normalized spacial score (nSPS) is 10.2. The van der Waals surface area contributed by atoms with E-state index < -0.39 is 0 Å². The molecule has 2 nitrogen and oxygen atoms in total. The molecule has 1 rings (SSSR count). The number of ether oxygens (including phenoxy) is 2. The molecule has 0 aromatic heterocycles. The standard InChI is InChI=1S/C13H19O2/c1-2-3-10-14-11-7-12-15-13-8-5-4-6-9-13/h4-5,8-9H,2-3,7,10-12H2,1H3. The van der Waals surface area contributed by atoms with Crippen molar-refractivity contribution in [3.8, 4) is 5.75 Å². The average Bonchev–Trinajstić information content (AvgIpc) is 2.29. The summed E-state index contributed by atoms with van der Waals surface area (Å²) >= 11 is 0. The van der Waals surface area contributed by atoms with Crippen LogP contribution in [0.2, 0.25) is 0 Å². The SMILES string of the molecule is CCCCOCCCOc1c[c]ccc1. The van der Waals surface area contributed by atoms with E-state index >= 15 is 0 Å². The Balaban J connectivity index is 1.93. The lowest BCUT2D eigenvalue weighted by Gasteiger charge is -2.06. The summed E-state index contributed by atoms with van der Waals surface area (Å²) in [6.45, 7) is 4.54. The summed E-state index contributed by atoms with van der Waals surface area (Å²) in [6.07, 6.45) is 3.28. The molecule has 0 fully saturated rings. The van der Waals surface area contributed by atoms with Crippen LogP contribution in [0.15, 0.2) is 24.3 Å². The van der Waals surface area contributed by atoms with Gasteiger partial charge in [0.2, 0.25) is 0 Å². The number of unbranched alkanes of at least 4 members (excludes halogenated alkanes) is 1. The van der Waals surface area contributed by atoms with Crippen molar-refractivity contribution in [3.63, 3.8) is 0 Å². The molecular weight excluding hydrogens is 188 g/mol. The zero-order valence-corrected chi connectivity index (χ0v) is 9.37. The molecule has 0 spiro atoms. The molecule has 2 heteroatoms. The highest BCUT2D eigenvalue weighted by Gasteiger charge is 1.92. The van der Waals surface area contributed by atoms with Gasteiger partial charge in [0.15, 0.2) is 0 Å². The molecule has 0 atom stereocenters. The Morgan fingerprint density at radius 1 is 1.20 bits per heavy atom. The highest BCUT2D eigenvalue weighted by molar-refractivity contribution is 5.19. The molecule has 0 N–H and O–H groups in total. The first-order valence-corrected chi connectivity index (χ1v) is 5.60. The molecule has 0 unspecified atom stereocenters. The first-order chi connectivity index (χ1) is 7.43. The maximum Gasteiger partial charge on any atom is 0.119 e. The van der Waals surface area contributed by atoms with Gasteiger partial charge in [0, 0.05) is 19.6 Å². The van der Waals surface area contributed by atoms with E-state index in [4.69, 9.17) is 9.47 Å². The van der Waals surface area contributed by atoms with Gasteiger partial charge in [0.05, 0.1) is 6.61 Å². The molecule has 83 valence electrons. The van der Waals surface area contributed by atoms with E-state index in [0.29, 0.717) is 6.61 Å². The molecule has 0 aliphatic rings. The second-order valence-corrected chi connectivity index (χ2v) is 3.41. The third-order valence-corrected chi connectivity index (χ3v) is 2.02. The predicted octanol–water partition coefficient (Wildman–Crippen LogP) is 3.07. The minimum atomic E-state index is 0.712. The first-order valence-electron chi connectivity index (χ1n) is 5.60. The van der Waals surface area contributed by atoms with Gasteiger partial charge >= 0.3 is 0 Å². The molecule has 0 heterocycles. The van der Waals surface area contributed by atoms with E-state index in [9.17, 15) is 0 Å². The van der Waals surface area contributed by atoms with Crippen LogP contribution in [0.4, 0.5) is 0 Å². The van der Waals surface area contributed by atoms with Gasteiger partial charge in [-0.25, -0.2) is 0 Å². The van der Waals surface area contributed by atoms with Gasteiger partial charge in [-0.1, -0.05) is 25.5 Å². The largest absolute Gasteiger partial charge is 0.493 e. The first kappa shape index (κ1) is 12.1. The quantitative estimate of drug-likeness (QED) is 0.610. The van der Waals surface area contributed by atoms with Crippen LogP contribution in [-0.4, -0.2) is 19.8 Å². The molecule has 0 aliphatic heterocycles. The van der Waals surface area contributed by atoms with Gasteiger partial charge in [-0.3, -0.25) is 0 Å². The number of hydrogen-bond donors (Lipinski definition) is 0. The lowest BCUT2D eigenvalue weighted by atomic mass is 10.3. The second kappa shape index (κ2) is 8.30. The van der Waals surface area contributed by atoms with Crippen LogP contribution >= 0.6 is 0 Å². The summed E-state index contributed by atoms with van der Waals surface area (Å²) < 4.78 is 10.9. The van der Waals surface area contributed by atoms with Crippen molar-refractivity contribution in [3.05, 3.63) is 30.3 Å². The molecule has 0 bridgehead atoms. The van der Waals surface area contributed by atoms with Crippen LogP contribution in [0.3, 0.4) is 0 Å². The van der Waals surface area contributed by atoms with E-state index in [1.54, 1.807) is 0 Å². The van der Waals surface area contributed by atoms with Crippen molar-refractivity contribution >= 4 is 0 Å². The van der Waals surface area contributed by atoms with Crippen molar-refractivity contribution in [2.45, 2.75) is 26.2 Å². The van der Waals surface area contributed by atoms with Crippen LogP contribution in [0.25, 0.3) is 0 Å². The number of benzene rings is 1. The van der Waals surface area contributed by atoms with Crippen LogP contribution < -0.4 is 4.74 Å². The van der Waals surface area contributed by atoms with E-state index in [1.165, 1.54) is 6.42 Å². The molecule has 0 aliphatic carbocycles. The van der Waals surface area contributed by atoms with Gasteiger partial charge in [-0.2, -0.15) is 0 Å². The maximum absolute atomic E-state index is 5.50. The second-order valence-electron chi connectivity index (χ2n) is 3.41.